The predicted octanol–water partition coefficient (Wildman–Crippen LogP) is 1.48. The zero-order valence-electron chi connectivity index (χ0n) is 10.6. The molecule has 0 saturated heterocycles. The van der Waals surface area contributed by atoms with E-state index in [0.29, 0.717) is 12.1 Å². The van der Waals surface area contributed by atoms with Gasteiger partial charge in [0, 0.05) is 6.42 Å². The number of phenols is 2. The highest BCUT2D eigenvalue weighted by Gasteiger charge is 2.32. The third-order valence-corrected chi connectivity index (χ3v) is 2.83. The number of aromatic hydroxyl groups is 2. The highest BCUT2D eigenvalue weighted by Crippen LogP contribution is 2.26. The average Bonchev–Trinajstić information content (AvgIpc) is 2.31. The number of rotatable bonds is 6. The van der Waals surface area contributed by atoms with Gasteiger partial charge in [0.2, 0.25) is 0 Å². The van der Waals surface area contributed by atoms with E-state index in [1.807, 2.05) is 6.92 Å². The zero-order chi connectivity index (χ0) is 13.8. The maximum absolute atomic E-state index is 11.3. The van der Waals surface area contributed by atoms with Gasteiger partial charge in [-0.3, -0.25) is 4.79 Å². The molecule has 1 aromatic carbocycles. The molecule has 0 saturated carbocycles. The monoisotopic (exact) mass is 253 g/mol. The second kappa shape index (κ2) is 5.73. The number of carbonyl (C=O) groups is 1. The summed E-state index contributed by atoms with van der Waals surface area (Å²) in [7, 11) is 0. The van der Waals surface area contributed by atoms with Crippen molar-refractivity contribution in [2.45, 2.75) is 32.2 Å². The lowest BCUT2D eigenvalue weighted by molar-refractivity contribution is -0.144. The van der Waals surface area contributed by atoms with Crippen LogP contribution >= 0.6 is 0 Å². The van der Waals surface area contributed by atoms with E-state index >= 15 is 0 Å². The van der Waals surface area contributed by atoms with Crippen molar-refractivity contribution in [2.75, 3.05) is 6.54 Å². The molecule has 1 atom stereocenters. The molecular weight excluding hydrogens is 234 g/mol. The number of benzene rings is 1. The number of phenolic OH excluding ortho intramolecular Hbond substituents is 2. The zero-order valence-corrected chi connectivity index (χ0v) is 10.6. The van der Waals surface area contributed by atoms with E-state index in [2.05, 4.69) is 5.32 Å². The van der Waals surface area contributed by atoms with Gasteiger partial charge in [0.15, 0.2) is 11.5 Å². The molecule has 100 valence electrons. The van der Waals surface area contributed by atoms with Crippen LogP contribution in [0.5, 0.6) is 11.5 Å². The quantitative estimate of drug-likeness (QED) is 0.577. The van der Waals surface area contributed by atoms with E-state index < -0.39 is 11.5 Å². The molecule has 0 aliphatic rings. The van der Waals surface area contributed by atoms with Gasteiger partial charge in [0.25, 0.3) is 0 Å². The van der Waals surface area contributed by atoms with Gasteiger partial charge in [-0.05, 0) is 37.6 Å². The smallest absolute Gasteiger partial charge is 0.323 e. The Morgan fingerprint density at radius 3 is 2.50 bits per heavy atom. The van der Waals surface area contributed by atoms with Crippen LogP contribution in [0.25, 0.3) is 0 Å². The molecule has 5 heteroatoms. The number of carboxylic acids is 1. The molecule has 0 amide bonds. The summed E-state index contributed by atoms with van der Waals surface area (Å²) in [4.78, 5) is 11.3. The summed E-state index contributed by atoms with van der Waals surface area (Å²) in [6.45, 7) is 4.17. The molecule has 1 rings (SSSR count). The Kier molecular flexibility index (Phi) is 4.55. The lowest BCUT2D eigenvalue weighted by atomic mass is 9.92. The summed E-state index contributed by atoms with van der Waals surface area (Å²) < 4.78 is 0. The van der Waals surface area contributed by atoms with Gasteiger partial charge in [0.05, 0.1) is 0 Å². The van der Waals surface area contributed by atoms with Gasteiger partial charge in [-0.25, -0.2) is 0 Å². The second-order valence-electron chi connectivity index (χ2n) is 4.56. The number of hydrogen-bond donors (Lipinski definition) is 4. The molecule has 0 bridgehead atoms. The Labute approximate surface area is 106 Å². The van der Waals surface area contributed by atoms with E-state index in [0.717, 1.165) is 6.42 Å². The lowest BCUT2D eigenvalue weighted by Gasteiger charge is -2.26. The predicted molar refractivity (Wildman–Crippen MR) is 67.8 cm³/mol. The summed E-state index contributed by atoms with van der Waals surface area (Å²) in [5, 5.41) is 30.9. The highest BCUT2D eigenvalue weighted by molar-refractivity contribution is 5.78. The number of nitrogens with one attached hydrogen (secondary N) is 1. The van der Waals surface area contributed by atoms with E-state index in [4.69, 9.17) is 0 Å². The molecule has 5 nitrogen and oxygen atoms in total. The summed E-state index contributed by atoms with van der Waals surface area (Å²) in [5.74, 6) is -1.39. The van der Waals surface area contributed by atoms with Gasteiger partial charge in [-0.2, -0.15) is 0 Å². The summed E-state index contributed by atoms with van der Waals surface area (Å²) in [6, 6.07) is 4.33. The van der Waals surface area contributed by atoms with Gasteiger partial charge in [0.1, 0.15) is 5.54 Å². The summed E-state index contributed by atoms with van der Waals surface area (Å²) in [6.07, 6.45) is 1.07. The van der Waals surface area contributed by atoms with Crippen LogP contribution < -0.4 is 5.32 Å². The summed E-state index contributed by atoms with van der Waals surface area (Å²) in [5.41, 5.74) is -0.432. The van der Waals surface area contributed by atoms with Crippen molar-refractivity contribution in [3.8, 4) is 11.5 Å². The molecular formula is C13H19NO4. The number of aliphatic carboxylic acids is 1. The molecule has 4 N–H and O–H groups in total. The molecule has 1 aromatic rings. The van der Waals surface area contributed by atoms with Crippen LogP contribution in [-0.2, 0) is 11.2 Å². The van der Waals surface area contributed by atoms with Crippen LogP contribution in [0.1, 0.15) is 25.8 Å². The van der Waals surface area contributed by atoms with Gasteiger partial charge >= 0.3 is 5.97 Å². The van der Waals surface area contributed by atoms with Crippen molar-refractivity contribution in [1.29, 1.82) is 0 Å². The van der Waals surface area contributed by atoms with Crippen molar-refractivity contribution < 1.29 is 20.1 Å². The Morgan fingerprint density at radius 2 is 2.00 bits per heavy atom. The van der Waals surface area contributed by atoms with Crippen molar-refractivity contribution in [3.05, 3.63) is 23.8 Å². The SMILES string of the molecule is CCCNC(C)(Cc1ccc(O)c(O)c1)C(=O)O. The maximum atomic E-state index is 11.3. The van der Waals surface area contributed by atoms with E-state index in [1.165, 1.54) is 12.1 Å². The molecule has 18 heavy (non-hydrogen) atoms. The normalized spacial score (nSPS) is 14.1. The molecule has 0 aliphatic heterocycles. The third-order valence-electron chi connectivity index (χ3n) is 2.83. The Morgan fingerprint density at radius 1 is 1.33 bits per heavy atom. The fraction of sp³-hybridized carbons (Fsp3) is 0.462. The van der Waals surface area contributed by atoms with Crippen molar-refractivity contribution in [2.24, 2.45) is 0 Å². The second-order valence-corrected chi connectivity index (χ2v) is 4.56. The van der Waals surface area contributed by atoms with Crippen LogP contribution in [0.15, 0.2) is 18.2 Å². The van der Waals surface area contributed by atoms with Crippen molar-refractivity contribution in [3.63, 3.8) is 0 Å². The Balaban J connectivity index is 2.89. The minimum atomic E-state index is -1.08. The van der Waals surface area contributed by atoms with Crippen molar-refractivity contribution in [1.82, 2.24) is 5.32 Å². The first kappa shape index (κ1) is 14.3. The molecule has 0 heterocycles. The molecule has 0 fully saturated rings. The number of carboxylic acid groups (broad SMARTS) is 1. The van der Waals surface area contributed by atoms with Crippen LogP contribution in [0.2, 0.25) is 0 Å². The maximum Gasteiger partial charge on any atom is 0.323 e. The first-order valence-electron chi connectivity index (χ1n) is 5.88. The Bertz CT molecular complexity index is 433. The average molecular weight is 253 g/mol. The lowest BCUT2D eigenvalue weighted by Crippen LogP contribution is -2.51. The van der Waals surface area contributed by atoms with Gasteiger partial charge < -0.3 is 20.6 Å². The largest absolute Gasteiger partial charge is 0.504 e. The third kappa shape index (κ3) is 3.37. The minimum absolute atomic E-state index is 0.211. The number of hydrogen-bond acceptors (Lipinski definition) is 4. The van der Waals surface area contributed by atoms with E-state index in [-0.39, 0.29) is 17.9 Å². The molecule has 1 unspecified atom stereocenters. The molecule has 0 radical (unpaired) electrons. The van der Waals surface area contributed by atoms with Crippen LogP contribution in [0.3, 0.4) is 0 Å². The van der Waals surface area contributed by atoms with Crippen LogP contribution in [0, 0.1) is 0 Å². The van der Waals surface area contributed by atoms with Gasteiger partial charge in [-0.15, -0.1) is 0 Å². The van der Waals surface area contributed by atoms with Crippen LogP contribution in [0.4, 0.5) is 0 Å². The van der Waals surface area contributed by atoms with Crippen molar-refractivity contribution >= 4 is 5.97 Å². The fourth-order valence-electron chi connectivity index (χ4n) is 1.70. The van der Waals surface area contributed by atoms with Gasteiger partial charge in [-0.1, -0.05) is 13.0 Å². The first-order chi connectivity index (χ1) is 8.39. The molecule has 0 spiro atoms. The fourth-order valence-corrected chi connectivity index (χ4v) is 1.70. The van der Waals surface area contributed by atoms with E-state index in [1.54, 1.807) is 13.0 Å². The van der Waals surface area contributed by atoms with Crippen LogP contribution in [-0.4, -0.2) is 33.4 Å². The molecule has 0 aliphatic carbocycles. The standard InChI is InChI=1S/C13H19NO4/c1-3-6-14-13(2,12(17)18)8-9-4-5-10(15)11(16)7-9/h4-5,7,14-16H,3,6,8H2,1-2H3,(H,17,18). The Hall–Kier alpha value is -1.75. The van der Waals surface area contributed by atoms with E-state index in [9.17, 15) is 20.1 Å². The molecule has 0 aromatic heterocycles. The first-order valence-corrected chi connectivity index (χ1v) is 5.88. The highest BCUT2D eigenvalue weighted by atomic mass is 16.4. The minimum Gasteiger partial charge on any atom is -0.504 e. The topological polar surface area (TPSA) is 89.8 Å². The summed E-state index contributed by atoms with van der Waals surface area (Å²) >= 11 is 0.